The molecule has 0 N–H and O–H groups in total. The summed E-state index contributed by atoms with van der Waals surface area (Å²) in [5.74, 6) is 0.0701. The van der Waals surface area contributed by atoms with Crippen LogP contribution in [0.15, 0.2) is 73.6 Å². The third-order valence-electron chi connectivity index (χ3n) is 6.00. The Morgan fingerprint density at radius 2 is 1.77 bits per heavy atom. The summed E-state index contributed by atoms with van der Waals surface area (Å²) in [6.45, 7) is 8.96. The van der Waals surface area contributed by atoms with Crippen molar-refractivity contribution in [2.45, 2.75) is 64.9 Å². The second kappa shape index (κ2) is 14.3. The second-order valence-electron chi connectivity index (χ2n) is 8.95. The van der Waals surface area contributed by atoms with Crippen LogP contribution in [0.1, 0.15) is 63.5 Å². The van der Waals surface area contributed by atoms with E-state index in [4.69, 9.17) is 4.74 Å². The number of allylic oxidation sites excluding steroid dienone is 2. The average Bonchev–Trinajstić information content (AvgIpc) is 2.87. The Kier molecular flexibility index (Phi) is 10.8. The molecule has 0 saturated carbocycles. The number of nitrogens with zero attached hydrogens (tertiary/aromatic N) is 2. The molecular weight excluding hydrogens is 435 g/mol. The Morgan fingerprint density at radius 3 is 2.46 bits per heavy atom. The molecule has 0 aliphatic carbocycles. The molecule has 3 nitrogen and oxygen atoms in total. The van der Waals surface area contributed by atoms with Gasteiger partial charge >= 0.3 is 0 Å². The van der Waals surface area contributed by atoms with Crippen molar-refractivity contribution in [3.8, 4) is 22.5 Å². The number of aromatic nitrogens is 2. The van der Waals surface area contributed by atoms with Crippen LogP contribution in [0.2, 0.25) is 0 Å². The Morgan fingerprint density at radius 1 is 1.00 bits per heavy atom. The largest absolute Gasteiger partial charge is 0.379 e. The fourth-order valence-corrected chi connectivity index (χ4v) is 3.89. The highest BCUT2D eigenvalue weighted by Gasteiger charge is 2.09. The Bertz CT molecular complexity index is 1070. The topological polar surface area (TPSA) is 35.0 Å². The molecule has 0 bridgehead atoms. The van der Waals surface area contributed by atoms with Gasteiger partial charge in [0.2, 0.25) is 0 Å². The van der Waals surface area contributed by atoms with Gasteiger partial charge in [-0.1, -0.05) is 68.3 Å². The first-order valence-electron chi connectivity index (χ1n) is 12.7. The molecule has 0 spiro atoms. The summed E-state index contributed by atoms with van der Waals surface area (Å²) in [6.07, 6.45) is 17.2. The number of ether oxygens (including phenoxy) is 1. The van der Waals surface area contributed by atoms with E-state index in [1.165, 1.54) is 18.4 Å². The van der Waals surface area contributed by atoms with Crippen molar-refractivity contribution in [3.63, 3.8) is 0 Å². The van der Waals surface area contributed by atoms with E-state index in [2.05, 4.69) is 48.6 Å². The lowest BCUT2D eigenvalue weighted by atomic mass is 10.0. The number of rotatable bonds is 14. The van der Waals surface area contributed by atoms with Gasteiger partial charge in [-0.25, -0.2) is 14.4 Å². The first-order chi connectivity index (χ1) is 17.1. The molecule has 0 saturated heterocycles. The molecule has 184 valence electrons. The van der Waals surface area contributed by atoms with Gasteiger partial charge in [-0.2, -0.15) is 0 Å². The van der Waals surface area contributed by atoms with Crippen molar-refractivity contribution in [1.82, 2.24) is 9.97 Å². The first-order valence-corrected chi connectivity index (χ1v) is 12.7. The zero-order chi connectivity index (χ0) is 24.9. The third kappa shape index (κ3) is 8.56. The number of unbranched alkanes of at least 4 members (excludes halogenated alkanes) is 3. The Hall–Kier alpha value is -3.11. The lowest BCUT2D eigenvalue weighted by Crippen LogP contribution is -2.08. The van der Waals surface area contributed by atoms with Crippen molar-refractivity contribution >= 4 is 6.08 Å². The minimum Gasteiger partial charge on any atom is -0.379 e. The summed E-state index contributed by atoms with van der Waals surface area (Å²) >= 11 is 0. The Labute approximate surface area is 209 Å². The molecule has 0 radical (unpaired) electrons. The predicted molar refractivity (Wildman–Crippen MR) is 145 cm³/mol. The molecule has 1 unspecified atom stereocenters. The fraction of sp³-hybridized carbons (Fsp3) is 0.355. The van der Waals surface area contributed by atoms with Gasteiger partial charge in [0, 0.05) is 24.6 Å². The van der Waals surface area contributed by atoms with Gasteiger partial charge in [-0.05, 0) is 67.9 Å². The summed E-state index contributed by atoms with van der Waals surface area (Å²) in [6, 6.07) is 13.4. The minimum absolute atomic E-state index is 0.292. The van der Waals surface area contributed by atoms with E-state index in [1.54, 1.807) is 24.5 Å². The van der Waals surface area contributed by atoms with E-state index in [1.807, 2.05) is 30.4 Å². The van der Waals surface area contributed by atoms with Crippen LogP contribution in [0, 0.1) is 5.82 Å². The van der Waals surface area contributed by atoms with Gasteiger partial charge in [-0.3, -0.25) is 0 Å². The van der Waals surface area contributed by atoms with Crippen molar-refractivity contribution in [3.05, 3.63) is 90.5 Å². The summed E-state index contributed by atoms with van der Waals surface area (Å²) in [5.41, 5.74) is 4.39. The Balaban J connectivity index is 1.51. The van der Waals surface area contributed by atoms with Crippen LogP contribution in [0.25, 0.3) is 28.6 Å². The highest BCUT2D eigenvalue weighted by atomic mass is 19.1. The van der Waals surface area contributed by atoms with Crippen LogP contribution in [0.3, 0.4) is 0 Å². The monoisotopic (exact) mass is 472 g/mol. The molecule has 4 heteroatoms. The summed E-state index contributed by atoms with van der Waals surface area (Å²) in [4.78, 5) is 8.82. The lowest BCUT2D eigenvalue weighted by molar-refractivity contribution is 0.0566. The van der Waals surface area contributed by atoms with E-state index in [-0.39, 0.29) is 5.82 Å². The van der Waals surface area contributed by atoms with Crippen LogP contribution in [-0.4, -0.2) is 22.7 Å². The molecule has 0 amide bonds. The van der Waals surface area contributed by atoms with Gasteiger partial charge in [0.05, 0.1) is 11.7 Å². The smallest absolute Gasteiger partial charge is 0.162 e. The second-order valence-corrected chi connectivity index (χ2v) is 8.95. The molecule has 3 aromatic rings. The predicted octanol–water partition coefficient (Wildman–Crippen LogP) is 8.46. The van der Waals surface area contributed by atoms with Gasteiger partial charge in [0.25, 0.3) is 0 Å². The van der Waals surface area contributed by atoms with E-state index in [0.29, 0.717) is 17.5 Å². The van der Waals surface area contributed by atoms with Gasteiger partial charge in [0.15, 0.2) is 5.82 Å². The molecule has 35 heavy (non-hydrogen) atoms. The van der Waals surface area contributed by atoms with Crippen LogP contribution in [0.5, 0.6) is 0 Å². The van der Waals surface area contributed by atoms with Crippen molar-refractivity contribution < 1.29 is 9.13 Å². The summed E-state index contributed by atoms with van der Waals surface area (Å²) < 4.78 is 20.6. The summed E-state index contributed by atoms with van der Waals surface area (Å²) in [7, 11) is 0. The van der Waals surface area contributed by atoms with Crippen LogP contribution < -0.4 is 0 Å². The maximum absolute atomic E-state index is 14.8. The molecule has 0 aliphatic rings. The van der Waals surface area contributed by atoms with Crippen LogP contribution in [0.4, 0.5) is 4.39 Å². The molecule has 3 rings (SSSR count). The highest BCUT2D eigenvalue weighted by molar-refractivity contribution is 5.65. The zero-order valence-electron chi connectivity index (χ0n) is 21.1. The number of hydrogen-bond donors (Lipinski definition) is 0. The van der Waals surface area contributed by atoms with Crippen molar-refractivity contribution in [1.29, 1.82) is 0 Å². The van der Waals surface area contributed by atoms with Gasteiger partial charge in [-0.15, -0.1) is 6.58 Å². The van der Waals surface area contributed by atoms with Crippen LogP contribution in [-0.2, 0) is 11.2 Å². The van der Waals surface area contributed by atoms with Gasteiger partial charge < -0.3 is 4.74 Å². The fourth-order valence-electron chi connectivity index (χ4n) is 3.89. The standard InChI is InChI=1S/C31H37FN2O/c1-4-6-10-20-35-24(3)12-8-7-9-13-26-16-19-29(30(32)21-26)31-33-22-28(23-34-31)27-17-14-25(11-5-2)15-18-27/h5,9,13-19,21-24H,2,4,6-8,10-12,20H2,1,3H3. The molecule has 1 heterocycles. The summed E-state index contributed by atoms with van der Waals surface area (Å²) in [5, 5.41) is 0. The normalized spacial score (nSPS) is 12.2. The van der Waals surface area contributed by atoms with Crippen LogP contribution >= 0.6 is 0 Å². The zero-order valence-corrected chi connectivity index (χ0v) is 21.1. The first kappa shape index (κ1) is 26.5. The average molecular weight is 473 g/mol. The van der Waals surface area contributed by atoms with E-state index < -0.39 is 0 Å². The molecule has 0 aliphatic heterocycles. The molecule has 0 fully saturated rings. The highest BCUT2D eigenvalue weighted by Crippen LogP contribution is 2.24. The van der Waals surface area contributed by atoms with E-state index in [9.17, 15) is 4.39 Å². The number of halogens is 1. The maximum atomic E-state index is 14.8. The van der Waals surface area contributed by atoms with Crippen molar-refractivity contribution in [2.24, 2.45) is 0 Å². The number of benzene rings is 2. The molecule has 2 aromatic carbocycles. The third-order valence-corrected chi connectivity index (χ3v) is 6.00. The SMILES string of the molecule is C=CCc1ccc(-c2cnc(-c3ccc(C=CCCCC(C)OCCCCC)cc3F)nc2)cc1. The molecule has 1 atom stereocenters. The molecule has 1 aromatic heterocycles. The minimum atomic E-state index is -0.317. The number of hydrogen-bond acceptors (Lipinski definition) is 3. The van der Waals surface area contributed by atoms with E-state index >= 15 is 0 Å². The quantitative estimate of drug-likeness (QED) is 0.174. The van der Waals surface area contributed by atoms with Gasteiger partial charge in [0.1, 0.15) is 5.82 Å². The maximum Gasteiger partial charge on any atom is 0.162 e. The van der Waals surface area contributed by atoms with Crippen molar-refractivity contribution in [2.75, 3.05) is 6.61 Å². The van der Waals surface area contributed by atoms with E-state index in [0.717, 1.165) is 55.4 Å². The lowest BCUT2D eigenvalue weighted by Gasteiger charge is -2.12. The molecular formula is C31H37FN2O.